The summed E-state index contributed by atoms with van der Waals surface area (Å²) in [5.41, 5.74) is 2.62. The van der Waals surface area contributed by atoms with E-state index in [9.17, 15) is 14.0 Å². The van der Waals surface area contributed by atoms with Crippen molar-refractivity contribution in [1.29, 1.82) is 0 Å². The van der Waals surface area contributed by atoms with E-state index in [1.165, 1.54) is 24.3 Å². The monoisotopic (exact) mass is 473 g/mol. The second-order valence-electron chi connectivity index (χ2n) is 8.30. The third kappa shape index (κ3) is 5.11. The van der Waals surface area contributed by atoms with E-state index in [1.54, 1.807) is 18.2 Å². The second kappa shape index (κ2) is 9.89. The summed E-state index contributed by atoms with van der Waals surface area (Å²) in [5, 5.41) is 6.65. The van der Waals surface area contributed by atoms with Crippen LogP contribution in [-0.2, 0) is 11.2 Å². The molecule has 0 radical (unpaired) electrons. The number of H-pyrrole nitrogens is 1. The zero-order chi connectivity index (χ0) is 24.2. The number of hydrogen-bond donors (Lipinski definition) is 3. The lowest BCUT2D eigenvalue weighted by atomic mass is 10.0. The number of rotatable bonds is 6. The molecule has 3 N–H and O–H groups in total. The van der Waals surface area contributed by atoms with Gasteiger partial charge in [0.05, 0.1) is 13.2 Å². The van der Waals surface area contributed by atoms with Crippen molar-refractivity contribution >= 4 is 28.4 Å². The molecule has 1 aliphatic heterocycles. The van der Waals surface area contributed by atoms with Crippen molar-refractivity contribution < 1.29 is 23.5 Å². The summed E-state index contributed by atoms with van der Waals surface area (Å²) < 4.78 is 24.7. The Bertz CT molecular complexity index is 1370. The maximum absolute atomic E-state index is 13.4. The third-order valence-electron chi connectivity index (χ3n) is 5.84. The summed E-state index contributed by atoms with van der Waals surface area (Å²) in [5.74, 6) is -0.114. The molecule has 4 aromatic rings. The highest BCUT2D eigenvalue weighted by atomic mass is 19.1. The molecule has 35 heavy (non-hydrogen) atoms. The van der Waals surface area contributed by atoms with Gasteiger partial charge in [-0.25, -0.2) is 4.39 Å². The van der Waals surface area contributed by atoms with Gasteiger partial charge in [-0.05, 0) is 48.0 Å². The number of aromatic amines is 1. The number of fused-ring (bicyclic) bond motifs is 2. The Kier molecular flexibility index (Phi) is 6.34. The Morgan fingerprint density at radius 3 is 2.57 bits per heavy atom. The number of aromatic nitrogens is 1. The van der Waals surface area contributed by atoms with Crippen molar-refractivity contribution in [2.75, 3.05) is 18.5 Å². The topological polar surface area (TPSA) is 92.5 Å². The van der Waals surface area contributed by atoms with Crippen LogP contribution in [0.4, 0.5) is 10.1 Å². The highest BCUT2D eigenvalue weighted by Gasteiger charge is 2.24. The molecule has 0 saturated heterocycles. The first kappa shape index (κ1) is 22.5. The van der Waals surface area contributed by atoms with Crippen molar-refractivity contribution in [1.82, 2.24) is 10.3 Å². The fourth-order valence-electron chi connectivity index (χ4n) is 4.04. The molecule has 1 atom stereocenters. The predicted molar refractivity (Wildman–Crippen MR) is 130 cm³/mol. The molecule has 1 unspecified atom stereocenters. The molecule has 0 saturated carbocycles. The van der Waals surface area contributed by atoms with Gasteiger partial charge in [0.1, 0.15) is 11.9 Å². The largest absolute Gasteiger partial charge is 0.490 e. The molecular formula is C27H24FN3O4. The fourth-order valence-corrected chi connectivity index (χ4v) is 4.04. The van der Waals surface area contributed by atoms with E-state index in [-0.39, 0.29) is 17.9 Å². The fraction of sp³-hybridized carbons (Fsp3) is 0.185. The van der Waals surface area contributed by atoms with Crippen LogP contribution in [0.15, 0.2) is 72.9 Å². The van der Waals surface area contributed by atoms with Crippen LogP contribution in [0.25, 0.3) is 10.9 Å². The molecule has 7 nitrogen and oxygen atoms in total. The van der Waals surface area contributed by atoms with Gasteiger partial charge in [0.25, 0.3) is 5.91 Å². The molecule has 2 amide bonds. The molecule has 3 aromatic carbocycles. The molecule has 0 fully saturated rings. The number of amides is 2. The first-order valence-electron chi connectivity index (χ1n) is 11.4. The molecule has 5 rings (SSSR count). The Hall–Kier alpha value is -4.33. The zero-order valence-electron chi connectivity index (χ0n) is 18.8. The maximum atomic E-state index is 13.4. The number of nitrogens with one attached hydrogen (secondary N) is 3. The molecule has 0 spiro atoms. The molecule has 2 heterocycles. The lowest BCUT2D eigenvalue weighted by Gasteiger charge is -2.19. The standard InChI is InChI=1S/C27H24FN3O4/c28-19-8-6-17(7-9-19)26(32)31-23(14-18-16-29-22-5-2-1-4-21(18)22)27(33)30-20-10-11-24-25(15-20)35-13-3-12-34-24/h1-2,4-11,15-16,23,29H,3,12-14H2,(H,30,33)(H,31,32). The molecule has 1 aromatic heterocycles. The number of ether oxygens (including phenoxy) is 2. The van der Waals surface area contributed by atoms with Gasteiger partial charge in [0.2, 0.25) is 5.91 Å². The van der Waals surface area contributed by atoms with Gasteiger partial charge in [-0.1, -0.05) is 18.2 Å². The second-order valence-corrected chi connectivity index (χ2v) is 8.30. The van der Waals surface area contributed by atoms with Crippen molar-refractivity contribution in [3.63, 3.8) is 0 Å². The average molecular weight is 474 g/mol. The minimum atomic E-state index is -0.886. The highest BCUT2D eigenvalue weighted by Crippen LogP contribution is 2.32. The smallest absolute Gasteiger partial charge is 0.251 e. The van der Waals surface area contributed by atoms with Crippen molar-refractivity contribution in [3.05, 3.63) is 89.9 Å². The van der Waals surface area contributed by atoms with Crippen LogP contribution in [0.5, 0.6) is 11.5 Å². The summed E-state index contributed by atoms with van der Waals surface area (Å²) in [6.45, 7) is 1.10. The summed E-state index contributed by atoms with van der Waals surface area (Å²) >= 11 is 0. The number of benzene rings is 3. The summed E-state index contributed by atoms with van der Waals surface area (Å²) in [4.78, 5) is 29.4. The van der Waals surface area contributed by atoms with Gasteiger partial charge in [-0.3, -0.25) is 9.59 Å². The zero-order valence-corrected chi connectivity index (χ0v) is 18.8. The van der Waals surface area contributed by atoms with Crippen LogP contribution in [0.1, 0.15) is 22.3 Å². The van der Waals surface area contributed by atoms with Crippen molar-refractivity contribution in [2.24, 2.45) is 0 Å². The van der Waals surface area contributed by atoms with Gasteiger partial charge in [-0.15, -0.1) is 0 Å². The van der Waals surface area contributed by atoms with Crippen LogP contribution in [0.3, 0.4) is 0 Å². The van der Waals surface area contributed by atoms with Crippen LogP contribution in [-0.4, -0.2) is 36.1 Å². The van der Waals surface area contributed by atoms with Crippen LogP contribution in [0, 0.1) is 5.82 Å². The molecular weight excluding hydrogens is 449 g/mol. The van der Waals surface area contributed by atoms with Crippen LogP contribution >= 0.6 is 0 Å². The number of carbonyl (C=O) groups is 2. The van der Waals surface area contributed by atoms with E-state index in [4.69, 9.17) is 9.47 Å². The van der Waals surface area contributed by atoms with Crippen LogP contribution in [0.2, 0.25) is 0 Å². The number of para-hydroxylation sites is 1. The number of carbonyl (C=O) groups excluding carboxylic acids is 2. The quantitative estimate of drug-likeness (QED) is 0.386. The molecule has 178 valence electrons. The Labute approximate surface area is 201 Å². The van der Waals surface area contributed by atoms with Gasteiger partial charge in [-0.2, -0.15) is 0 Å². The van der Waals surface area contributed by atoms with Gasteiger partial charge >= 0.3 is 0 Å². The lowest BCUT2D eigenvalue weighted by molar-refractivity contribution is -0.118. The van der Waals surface area contributed by atoms with Crippen molar-refractivity contribution in [2.45, 2.75) is 18.9 Å². The van der Waals surface area contributed by atoms with Crippen LogP contribution < -0.4 is 20.1 Å². The predicted octanol–water partition coefficient (Wildman–Crippen LogP) is 4.45. The Morgan fingerprint density at radius 2 is 1.74 bits per heavy atom. The average Bonchev–Trinajstić information content (AvgIpc) is 3.12. The molecule has 0 bridgehead atoms. The molecule has 8 heteroatoms. The summed E-state index contributed by atoms with van der Waals surface area (Å²) in [6.07, 6.45) is 2.87. The van der Waals surface area contributed by atoms with E-state index in [0.29, 0.717) is 30.4 Å². The Morgan fingerprint density at radius 1 is 0.971 bits per heavy atom. The normalized spacial score (nSPS) is 13.6. The van der Waals surface area contributed by atoms with E-state index in [1.807, 2.05) is 30.5 Å². The third-order valence-corrected chi connectivity index (χ3v) is 5.84. The highest BCUT2D eigenvalue weighted by molar-refractivity contribution is 6.01. The lowest BCUT2D eigenvalue weighted by Crippen LogP contribution is -2.45. The summed E-state index contributed by atoms with van der Waals surface area (Å²) in [7, 11) is 0. The van der Waals surface area contributed by atoms with E-state index in [0.717, 1.165) is 22.9 Å². The minimum absolute atomic E-state index is 0.257. The minimum Gasteiger partial charge on any atom is -0.490 e. The number of halogens is 1. The number of hydrogen-bond acceptors (Lipinski definition) is 4. The van der Waals surface area contributed by atoms with E-state index >= 15 is 0 Å². The van der Waals surface area contributed by atoms with Gasteiger partial charge in [0, 0.05) is 47.3 Å². The molecule has 0 aliphatic carbocycles. The first-order chi connectivity index (χ1) is 17.1. The van der Waals surface area contributed by atoms with Gasteiger partial charge in [0.15, 0.2) is 11.5 Å². The number of anilines is 1. The summed E-state index contributed by atoms with van der Waals surface area (Å²) in [6, 6.07) is 17.2. The van der Waals surface area contributed by atoms with Crippen molar-refractivity contribution in [3.8, 4) is 11.5 Å². The first-order valence-corrected chi connectivity index (χ1v) is 11.4. The Balaban J connectivity index is 1.39. The molecule has 1 aliphatic rings. The van der Waals surface area contributed by atoms with Gasteiger partial charge < -0.3 is 25.1 Å². The maximum Gasteiger partial charge on any atom is 0.251 e. The SMILES string of the molecule is O=C(NC(Cc1c[nH]c2ccccc12)C(=O)Nc1ccc2c(c1)OCCCO2)c1ccc(F)cc1. The van der Waals surface area contributed by atoms with E-state index in [2.05, 4.69) is 15.6 Å². The van der Waals surface area contributed by atoms with E-state index < -0.39 is 17.8 Å².